The zero-order valence-electron chi connectivity index (χ0n) is 19.0. The number of methoxy groups -OCH3 is 1. The van der Waals surface area contributed by atoms with Crippen molar-refractivity contribution in [1.29, 1.82) is 0 Å². The van der Waals surface area contributed by atoms with Crippen molar-refractivity contribution in [3.63, 3.8) is 0 Å². The summed E-state index contributed by atoms with van der Waals surface area (Å²) in [6.07, 6.45) is 3.56. The first kappa shape index (κ1) is 22.2. The first-order chi connectivity index (χ1) is 16.5. The molecular weight excluding hydrogens is 450 g/mol. The maximum Gasteiger partial charge on any atom is 0.336 e. The van der Waals surface area contributed by atoms with Crippen molar-refractivity contribution in [2.24, 2.45) is 0 Å². The van der Waals surface area contributed by atoms with Gasteiger partial charge in [-0.2, -0.15) is 0 Å². The van der Waals surface area contributed by atoms with Crippen molar-refractivity contribution in [2.45, 2.75) is 19.1 Å². The van der Waals surface area contributed by atoms with Gasteiger partial charge in [-0.15, -0.1) is 11.3 Å². The molecule has 0 bridgehead atoms. The number of hydrogen-bond acceptors (Lipinski definition) is 7. The molecule has 34 heavy (non-hydrogen) atoms. The summed E-state index contributed by atoms with van der Waals surface area (Å²) >= 11 is 1.65. The van der Waals surface area contributed by atoms with Crippen molar-refractivity contribution < 1.29 is 19.1 Å². The Kier molecular flexibility index (Phi) is 6.08. The minimum absolute atomic E-state index is 0.0642. The average Bonchev–Trinajstić information content (AvgIpc) is 3.21. The number of fused-ring (bicyclic) bond motifs is 3. The van der Waals surface area contributed by atoms with E-state index in [9.17, 15) is 9.59 Å². The van der Waals surface area contributed by atoms with Gasteiger partial charge in [0, 0.05) is 24.0 Å². The molecule has 3 aromatic rings. The third-order valence-corrected chi connectivity index (χ3v) is 7.11. The van der Waals surface area contributed by atoms with E-state index >= 15 is 0 Å². The fourth-order valence-electron chi connectivity index (χ4n) is 4.20. The molecule has 0 fully saturated rings. The topological polar surface area (TPSA) is 79.9 Å². The van der Waals surface area contributed by atoms with Gasteiger partial charge in [0.05, 0.1) is 12.7 Å². The summed E-state index contributed by atoms with van der Waals surface area (Å²) in [5.41, 5.74) is 3.61. The first-order valence-corrected chi connectivity index (χ1v) is 11.9. The largest absolute Gasteiger partial charge is 0.497 e. The zero-order chi connectivity index (χ0) is 23.7. The number of nitrogens with zero attached hydrogens (tertiary/aromatic N) is 1. The Morgan fingerprint density at radius 1 is 1.15 bits per heavy atom. The summed E-state index contributed by atoms with van der Waals surface area (Å²) in [6.45, 7) is 1.81. The number of anilines is 1. The average molecular weight is 476 g/mol. The van der Waals surface area contributed by atoms with E-state index in [2.05, 4.69) is 22.6 Å². The van der Waals surface area contributed by atoms with Crippen LogP contribution in [0.3, 0.4) is 0 Å². The second-order valence-electron chi connectivity index (χ2n) is 8.35. The lowest BCUT2D eigenvalue weighted by atomic mass is 10.0. The van der Waals surface area contributed by atoms with Gasteiger partial charge in [-0.1, -0.05) is 24.3 Å². The van der Waals surface area contributed by atoms with Gasteiger partial charge in [-0.3, -0.25) is 4.79 Å². The molecule has 3 heterocycles. The van der Waals surface area contributed by atoms with Gasteiger partial charge in [0.2, 0.25) is 0 Å². The predicted octanol–water partition coefficient (Wildman–Crippen LogP) is 4.22. The maximum atomic E-state index is 12.9. The van der Waals surface area contributed by atoms with E-state index < -0.39 is 12.1 Å². The molecule has 0 unspecified atom stereocenters. The van der Waals surface area contributed by atoms with E-state index in [1.54, 1.807) is 36.7 Å². The molecule has 7 nitrogen and oxygen atoms in total. The molecule has 0 saturated carbocycles. The molecule has 0 aliphatic carbocycles. The Labute approximate surface area is 202 Å². The van der Waals surface area contributed by atoms with Crippen LogP contribution in [0.4, 0.5) is 5.00 Å². The first-order valence-electron chi connectivity index (χ1n) is 11.0. The predicted molar refractivity (Wildman–Crippen MR) is 132 cm³/mol. The Balaban J connectivity index is 1.28. The van der Waals surface area contributed by atoms with Crippen LogP contribution in [-0.4, -0.2) is 37.5 Å². The van der Waals surface area contributed by atoms with Crippen LogP contribution in [0.15, 0.2) is 54.6 Å². The van der Waals surface area contributed by atoms with Crippen LogP contribution in [0, 0.1) is 0 Å². The van der Waals surface area contributed by atoms with E-state index in [1.807, 2.05) is 36.4 Å². The fraction of sp³-hybridized carbons (Fsp3) is 0.231. The summed E-state index contributed by atoms with van der Waals surface area (Å²) in [6, 6.07) is 14.6. The zero-order valence-corrected chi connectivity index (χ0v) is 19.8. The molecule has 2 aromatic carbocycles. The Bertz CT molecular complexity index is 1270. The van der Waals surface area contributed by atoms with E-state index in [1.165, 1.54) is 11.0 Å². The molecule has 1 aromatic heterocycles. The number of esters is 1. The van der Waals surface area contributed by atoms with Crippen LogP contribution >= 0.6 is 11.3 Å². The Morgan fingerprint density at radius 3 is 2.76 bits per heavy atom. The highest BCUT2D eigenvalue weighted by atomic mass is 32.1. The molecule has 1 atom stereocenters. The second kappa shape index (κ2) is 9.32. The highest BCUT2D eigenvalue weighted by molar-refractivity contribution is 7.16. The number of hydrogen-bond donors (Lipinski definition) is 2. The minimum atomic E-state index is -0.481. The van der Waals surface area contributed by atoms with Gasteiger partial charge in [0.1, 0.15) is 22.7 Å². The minimum Gasteiger partial charge on any atom is -0.497 e. The van der Waals surface area contributed by atoms with Crippen LogP contribution < -0.4 is 20.1 Å². The molecule has 8 heteroatoms. The molecule has 5 rings (SSSR count). The highest BCUT2D eigenvalue weighted by Gasteiger charge is 2.32. The van der Waals surface area contributed by atoms with Crippen LogP contribution in [-0.2, 0) is 17.8 Å². The Morgan fingerprint density at radius 2 is 1.97 bits per heavy atom. The molecule has 174 valence electrons. The van der Waals surface area contributed by atoms with Crippen molar-refractivity contribution in [2.75, 3.05) is 26.0 Å². The lowest BCUT2D eigenvalue weighted by Crippen LogP contribution is -2.38. The normalized spacial score (nSPS) is 17.5. The van der Waals surface area contributed by atoms with Gasteiger partial charge in [0.15, 0.2) is 0 Å². The molecule has 0 saturated heterocycles. The van der Waals surface area contributed by atoms with Crippen molar-refractivity contribution >= 4 is 34.3 Å². The van der Waals surface area contributed by atoms with Crippen LogP contribution in [0.25, 0.3) is 6.08 Å². The van der Waals surface area contributed by atoms with Crippen molar-refractivity contribution in [3.8, 4) is 11.5 Å². The molecule has 2 aliphatic rings. The van der Waals surface area contributed by atoms with Crippen LogP contribution in [0.2, 0.25) is 0 Å². The van der Waals surface area contributed by atoms with Crippen molar-refractivity contribution in [1.82, 2.24) is 10.2 Å². The van der Waals surface area contributed by atoms with Gasteiger partial charge in [-0.25, -0.2) is 4.79 Å². The summed E-state index contributed by atoms with van der Waals surface area (Å²) in [4.78, 5) is 28.8. The van der Waals surface area contributed by atoms with Gasteiger partial charge in [-0.05, 0) is 60.5 Å². The number of carbonyl (C=O) groups is 2. The quantitative estimate of drug-likeness (QED) is 0.327. The smallest absolute Gasteiger partial charge is 0.336 e. The molecule has 1 amide bonds. The SMILES string of the molecule is COc1ccc(/C=C\C(=O)Oc2cccc([C@H]3NC(=O)c4c(sc5c4CCN(C)C5)N3)c2)cc1. The van der Waals surface area contributed by atoms with Gasteiger partial charge in [0.25, 0.3) is 5.91 Å². The van der Waals surface area contributed by atoms with Crippen molar-refractivity contribution in [3.05, 3.63) is 81.7 Å². The lowest BCUT2D eigenvalue weighted by Gasteiger charge is -2.27. The number of carbonyl (C=O) groups excluding carboxylic acids is 2. The molecule has 2 aliphatic heterocycles. The molecule has 0 spiro atoms. The monoisotopic (exact) mass is 475 g/mol. The summed E-state index contributed by atoms with van der Waals surface area (Å²) < 4.78 is 10.6. The van der Waals surface area contributed by atoms with Crippen LogP contribution in [0.1, 0.15) is 38.1 Å². The molecular formula is C26H25N3O4S. The summed E-state index contributed by atoms with van der Waals surface area (Å²) in [5, 5.41) is 7.41. The van der Waals surface area contributed by atoms with E-state index in [-0.39, 0.29) is 5.91 Å². The van der Waals surface area contributed by atoms with Gasteiger partial charge >= 0.3 is 5.97 Å². The van der Waals surface area contributed by atoms with E-state index in [0.29, 0.717) is 5.75 Å². The number of benzene rings is 2. The highest BCUT2D eigenvalue weighted by Crippen LogP contribution is 2.40. The number of likely N-dealkylation sites (N-methyl/N-ethyl adjacent to an activating group) is 1. The van der Waals surface area contributed by atoms with Gasteiger partial charge < -0.3 is 25.0 Å². The number of ether oxygens (including phenoxy) is 2. The number of amides is 1. The third-order valence-electron chi connectivity index (χ3n) is 5.96. The number of rotatable bonds is 5. The molecule has 2 N–H and O–H groups in total. The maximum absolute atomic E-state index is 12.9. The third kappa shape index (κ3) is 4.55. The molecule has 0 radical (unpaired) electrons. The second-order valence-corrected chi connectivity index (χ2v) is 9.45. The van der Waals surface area contributed by atoms with Crippen LogP contribution in [0.5, 0.6) is 11.5 Å². The standard InChI is InChI=1S/C26H25N3O4S/c1-29-13-12-20-21(15-29)34-26-23(20)25(31)27-24(28-26)17-4-3-5-19(14-17)33-22(30)11-8-16-6-9-18(32-2)10-7-16/h3-11,14,24,28H,12-13,15H2,1-2H3,(H,27,31)/b11-8-/t24-/m0/s1. The number of thiophene rings is 1. The Hall–Kier alpha value is -3.62. The lowest BCUT2D eigenvalue weighted by molar-refractivity contribution is -0.128. The fourth-order valence-corrected chi connectivity index (χ4v) is 5.55. The number of nitrogens with one attached hydrogen (secondary N) is 2. The summed E-state index contributed by atoms with van der Waals surface area (Å²) in [7, 11) is 3.70. The summed E-state index contributed by atoms with van der Waals surface area (Å²) in [5.74, 6) is 0.620. The van der Waals surface area contributed by atoms with E-state index in [4.69, 9.17) is 9.47 Å². The van der Waals surface area contributed by atoms with E-state index in [0.717, 1.165) is 52.5 Å².